The van der Waals surface area contributed by atoms with Gasteiger partial charge in [0, 0.05) is 37.0 Å². The lowest BCUT2D eigenvalue weighted by Gasteiger charge is -2.37. The lowest BCUT2D eigenvalue weighted by atomic mass is 10.1. The van der Waals surface area contributed by atoms with Crippen molar-refractivity contribution in [1.29, 1.82) is 0 Å². The van der Waals surface area contributed by atoms with Gasteiger partial charge in [-0.15, -0.1) is 5.10 Å². The molecule has 122 valence electrons. The van der Waals surface area contributed by atoms with Crippen molar-refractivity contribution in [2.75, 3.05) is 36.0 Å². The molecule has 0 aliphatic carbocycles. The Labute approximate surface area is 140 Å². The van der Waals surface area contributed by atoms with Crippen molar-refractivity contribution < 1.29 is 4.39 Å². The third-order valence-electron chi connectivity index (χ3n) is 4.62. The van der Waals surface area contributed by atoms with Crippen LogP contribution in [0.5, 0.6) is 0 Å². The molecule has 0 atom stereocenters. The molecule has 1 saturated heterocycles. The van der Waals surface area contributed by atoms with Crippen LogP contribution >= 0.6 is 0 Å². The number of nitrogens with zero attached hydrogens (tertiary/aromatic N) is 4. The first-order valence-electron chi connectivity index (χ1n) is 8.20. The molecule has 0 spiro atoms. The van der Waals surface area contributed by atoms with Gasteiger partial charge < -0.3 is 9.80 Å². The number of hydrogen-bond acceptors (Lipinski definition) is 4. The van der Waals surface area contributed by atoms with E-state index in [1.165, 1.54) is 6.07 Å². The summed E-state index contributed by atoms with van der Waals surface area (Å²) in [5.41, 5.74) is 1.62. The van der Waals surface area contributed by atoms with E-state index in [9.17, 15) is 4.39 Å². The van der Waals surface area contributed by atoms with Crippen LogP contribution in [0.2, 0.25) is 0 Å². The second-order valence-electron chi connectivity index (χ2n) is 6.08. The molecular weight excluding hydrogens is 303 g/mol. The SMILES string of the molecule is Cc1nnc(N2CCN(c3ccccc3F)CC2)c2ccccc12. The van der Waals surface area contributed by atoms with E-state index < -0.39 is 0 Å². The van der Waals surface area contributed by atoms with Crippen molar-refractivity contribution in [3.05, 3.63) is 60.0 Å². The predicted octanol–water partition coefficient (Wildman–Crippen LogP) is 3.40. The van der Waals surface area contributed by atoms with Gasteiger partial charge in [-0.3, -0.25) is 0 Å². The summed E-state index contributed by atoms with van der Waals surface area (Å²) in [6, 6.07) is 15.2. The Morgan fingerprint density at radius 3 is 2.17 bits per heavy atom. The van der Waals surface area contributed by atoms with Gasteiger partial charge in [0.25, 0.3) is 0 Å². The maximum Gasteiger partial charge on any atom is 0.159 e. The Balaban J connectivity index is 1.59. The van der Waals surface area contributed by atoms with E-state index in [0.29, 0.717) is 5.69 Å². The fourth-order valence-corrected chi connectivity index (χ4v) is 3.32. The van der Waals surface area contributed by atoms with Gasteiger partial charge in [-0.25, -0.2) is 4.39 Å². The summed E-state index contributed by atoms with van der Waals surface area (Å²) >= 11 is 0. The highest BCUT2D eigenvalue weighted by Crippen LogP contribution is 2.27. The largest absolute Gasteiger partial charge is 0.366 e. The normalized spacial score (nSPS) is 15.1. The zero-order chi connectivity index (χ0) is 16.5. The van der Waals surface area contributed by atoms with E-state index >= 15 is 0 Å². The molecule has 1 aromatic heterocycles. The molecule has 0 saturated carbocycles. The molecule has 0 radical (unpaired) electrons. The monoisotopic (exact) mass is 322 g/mol. The Morgan fingerprint density at radius 2 is 1.42 bits per heavy atom. The molecule has 1 fully saturated rings. The van der Waals surface area contributed by atoms with Gasteiger partial charge in [0.05, 0.1) is 11.4 Å². The lowest BCUT2D eigenvalue weighted by Crippen LogP contribution is -2.47. The van der Waals surface area contributed by atoms with Crippen molar-refractivity contribution in [2.24, 2.45) is 0 Å². The van der Waals surface area contributed by atoms with Crippen molar-refractivity contribution >= 4 is 22.3 Å². The van der Waals surface area contributed by atoms with Crippen molar-refractivity contribution in [2.45, 2.75) is 6.92 Å². The zero-order valence-corrected chi connectivity index (χ0v) is 13.6. The molecule has 0 unspecified atom stereocenters. The van der Waals surface area contributed by atoms with Gasteiger partial charge in [0.1, 0.15) is 5.82 Å². The summed E-state index contributed by atoms with van der Waals surface area (Å²) in [5.74, 6) is 0.760. The first-order valence-corrected chi connectivity index (χ1v) is 8.20. The molecule has 1 aliphatic heterocycles. The number of aryl methyl sites for hydroxylation is 1. The molecule has 24 heavy (non-hydrogen) atoms. The third-order valence-corrected chi connectivity index (χ3v) is 4.62. The average Bonchev–Trinajstić information content (AvgIpc) is 2.63. The van der Waals surface area contributed by atoms with Crippen LogP contribution in [-0.2, 0) is 0 Å². The van der Waals surface area contributed by atoms with Crippen molar-refractivity contribution in [3.63, 3.8) is 0 Å². The minimum Gasteiger partial charge on any atom is -0.366 e. The number of benzene rings is 2. The number of halogens is 1. The van der Waals surface area contributed by atoms with E-state index in [4.69, 9.17) is 0 Å². The van der Waals surface area contributed by atoms with Crippen LogP contribution in [0.1, 0.15) is 5.69 Å². The van der Waals surface area contributed by atoms with Crippen molar-refractivity contribution in [3.8, 4) is 0 Å². The number of fused-ring (bicyclic) bond motifs is 1. The summed E-state index contributed by atoms with van der Waals surface area (Å²) in [5, 5.41) is 11.0. The van der Waals surface area contributed by atoms with Gasteiger partial charge in [-0.05, 0) is 19.1 Å². The summed E-state index contributed by atoms with van der Waals surface area (Å²) in [4.78, 5) is 4.34. The molecule has 0 amide bonds. The molecule has 4 rings (SSSR count). The number of anilines is 2. The second kappa shape index (κ2) is 6.07. The second-order valence-corrected chi connectivity index (χ2v) is 6.08. The van der Waals surface area contributed by atoms with Crippen LogP contribution in [-0.4, -0.2) is 36.4 Å². The standard InChI is InChI=1S/C19H19FN4/c1-14-15-6-2-3-7-16(15)19(22-21-14)24-12-10-23(11-13-24)18-9-5-4-8-17(18)20/h2-9H,10-13H2,1H3. The Bertz CT molecular complexity index is 872. The first-order chi connectivity index (χ1) is 11.7. The number of piperazine rings is 1. The van der Waals surface area contributed by atoms with E-state index in [2.05, 4.69) is 32.1 Å². The molecule has 5 heteroatoms. The van der Waals surface area contributed by atoms with Crippen molar-refractivity contribution in [1.82, 2.24) is 10.2 Å². The fourth-order valence-electron chi connectivity index (χ4n) is 3.32. The van der Waals surface area contributed by atoms with E-state index in [0.717, 1.165) is 48.5 Å². The molecule has 0 bridgehead atoms. The van der Waals surface area contributed by atoms with Gasteiger partial charge in [-0.1, -0.05) is 36.4 Å². The molecule has 1 aliphatic rings. The minimum absolute atomic E-state index is 0.161. The van der Waals surface area contributed by atoms with Gasteiger partial charge in [0.2, 0.25) is 0 Å². The maximum absolute atomic E-state index is 14.0. The summed E-state index contributed by atoms with van der Waals surface area (Å²) in [7, 11) is 0. The first kappa shape index (κ1) is 14.9. The fraction of sp³-hybridized carbons (Fsp3) is 0.263. The van der Waals surface area contributed by atoms with Gasteiger partial charge in [-0.2, -0.15) is 5.10 Å². The molecule has 3 aromatic rings. The molecule has 0 N–H and O–H groups in total. The molecule has 2 heterocycles. The van der Waals surface area contributed by atoms with Crippen LogP contribution in [0, 0.1) is 12.7 Å². The molecular formula is C19H19FN4. The molecule has 2 aromatic carbocycles. The summed E-state index contributed by atoms with van der Waals surface area (Å²) in [6.45, 7) is 5.12. The maximum atomic E-state index is 14.0. The summed E-state index contributed by atoms with van der Waals surface area (Å²) in [6.07, 6.45) is 0. The minimum atomic E-state index is -0.161. The molecule has 4 nitrogen and oxygen atoms in total. The van der Waals surface area contributed by atoms with Gasteiger partial charge in [0.15, 0.2) is 5.82 Å². The van der Waals surface area contributed by atoms with E-state index in [-0.39, 0.29) is 5.82 Å². The summed E-state index contributed by atoms with van der Waals surface area (Å²) < 4.78 is 14.0. The van der Waals surface area contributed by atoms with Crippen LogP contribution < -0.4 is 9.80 Å². The lowest BCUT2D eigenvalue weighted by molar-refractivity contribution is 0.596. The highest BCUT2D eigenvalue weighted by Gasteiger charge is 2.22. The Kier molecular flexibility index (Phi) is 3.76. The number of aromatic nitrogens is 2. The number of rotatable bonds is 2. The average molecular weight is 322 g/mol. The van der Waals surface area contributed by atoms with E-state index in [1.807, 2.05) is 31.2 Å². The number of para-hydroxylation sites is 1. The Hall–Kier alpha value is -2.69. The van der Waals surface area contributed by atoms with Crippen LogP contribution in [0.3, 0.4) is 0 Å². The predicted molar refractivity (Wildman–Crippen MR) is 95.1 cm³/mol. The van der Waals surface area contributed by atoms with Gasteiger partial charge >= 0.3 is 0 Å². The number of hydrogen-bond donors (Lipinski definition) is 0. The van der Waals surface area contributed by atoms with Crippen LogP contribution in [0.25, 0.3) is 10.8 Å². The van der Waals surface area contributed by atoms with E-state index in [1.54, 1.807) is 6.07 Å². The van der Waals surface area contributed by atoms with Crippen LogP contribution in [0.15, 0.2) is 48.5 Å². The highest BCUT2D eigenvalue weighted by molar-refractivity contribution is 5.93. The highest BCUT2D eigenvalue weighted by atomic mass is 19.1. The topological polar surface area (TPSA) is 32.3 Å². The quantitative estimate of drug-likeness (QED) is 0.724. The van der Waals surface area contributed by atoms with Crippen LogP contribution in [0.4, 0.5) is 15.9 Å². The smallest absolute Gasteiger partial charge is 0.159 e. The third kappa shape index (κ3) is 2.56. The zero-order valence-electron chi connectivity index (χ0n) is 13.6. The Morgan fingerprint density at radius 1 is 0.792 bits per heavy atom.